The average molecular weight is 304 g/mol. The van der Waals surface area contributed by atoms with E-state index in [1.54, 1.807) is 0 Å². The maximum absolute atomic E-state index is 9.64. The van der Waals surface area contributed by atoms with E-state index in [0.717, 1.165) is 0 Å². The lowest BCUT2D eigenvalue weighted by Gasteiger charge is -2.20. The summed E-state index contributed by atoms with van der Waals surface area (Å²) in [6.45, 7) is 7.07. The summed E-state index contributed by atoms with van der Waals surface area (Å²) in [5, 5.41) is 25.0. The molecular weight excluding hydrogens is 272 g/mol. The van der Waals surface area contributed by atoms with Crippen LogP contribution in [0.15, 0.2) is 0 Å². The van der Waals surface area contributed by atoms with Gasteiger partial charge in [-0.05, 0) is 18.3 Å². The van der Waals surface area contributed by atoms with Crippen molar-refractivity contribution in [3.63, 3.8) is 0 Å². The zero-order valence-electron chi connectivity index (χ0n) is 13.7. The van der Waals surface area contributed by atoms with Crippen molar-refractivity contribution in [2.24, 2.45) is 11.8 Å². The van der Waals surface area contributed by atoms with E-state index in [1.807, 2.05) is 0 Å². The number of rotatable bonds is 11. The molecule has 0 aromatic carbocycles. The first kappa shape index (κ1) is 22.2. The van der Waals surface area contributed by atoms with Gasteiger partial charge in [-0.2, -0.15) is 0 Å². The normalized spacial score (nSPS) is 13.0. The molecule has 0 amide bonds. The molecule has 0 spiro atoms. The molecule has 2 unspecified atom stereocenters. The number of aliphatic hydroxyl groups is 1. The van der Waals surface area contributed by atoms with Crippen molar-refractivity contribution in [3.8, 4) is 0 Å². The molecule has 5 nitrogen and oxygen atoms in total. The van der Waals surface area contributed by atoms with Crippen molar-refractivity contribution < 1.29 is 24.9 Å². The van der Waals surface area contributed by atoms with Crippen LogP contribution in [0.5, 0.6) is 0 Å². The fraction of sp³-hybridized carbons (Fsp3) is 0.875. The lowest BCUT2D eigenvalue weighted by molar-refractivity contribution is -0.143. The Morgan fingerprint density at radius 1 is 0.952 bits per heavy atom. The average Bonchev–Trinajstić information content (AvgIpc) is 2.45. The molecule has 0 radical (unpaired) electrons. The van der Waals surface area contributed by atoms with E-state index in [4.69, 9.17) is 10.2 Å². The van der Waals surface area contributed by atoms with Gasteiger partial charge in [0.25, 0.3) is 0 Å². The standard InChI is InChI=1S/C12H26O.C4H6O4/c1-4-6-7-8-9-12(10-13)11(3)5-2;5-3(6)1-2-4(7)8/h11-13H,4-10H2,1-3H3;1-2H2,(H,5,6)(H,7,8). The Balaban J connectivity index is 0. The van der Waals surface area contributed by atoms with E-state index in [9.17, 15) is 14.7 Å². The number of hydrogen-bond donors (Lipinski definition) is 3. The Hall–Kier alpha value is -1.10. The van der Waals surface area contributed by atoms with Crippen LogP contribution in [0.3, 0.4) is 0 Å². The van der Waals surface area contributed by atoms with Crippen LogP contribution < -0.4 is 0 Å². The SMILES string of the molecule is CCCCCCC(CO)C(C)CC.O=C(O)CCC(=O)O. The first-order chi connectivity index (χ1) is 9.88. The minimum Gasteiger partial charge on any atom is -0.481 e. The van der Waals surface area contributed by atoms with Gasteiger partial charge >= 0.3 is 11.9 Å². The quantitative estimate of drug-likeness (QED) is 0.507. The number of unbranched alkanes of at least 4 members (excludes halogenated alkanes) is 3. The van der Waals surface area contributed by atoms with Crippen LogP contribution in [0.1, 0.15) is 72.1 Å². The number of aliphatic hydroxyl groups excluding tert-OH is 1. The Kier molecular flexibility index (Phi) is 16.2. The molecule has 0 saturated heterocycles. The summed E-state index contributed by atoms with van der Waals surface area (Å²) in [6, 6.07) is 0. The topological polar surface area (TPSA) is 94.8 Å². The van der Waals surface area contributed by atoms with Crippen LogP contribution in [0, 0.1) is 11.8 Å². The van der Waals surface area contributed by atoms with E-state index in [-0.39, 0.29) is 12.8 Å². The van der Waals surface area contributed by atoms with Gasteiger partial charge in [0.1, 0.15) is 0 Å². The highest BCUT2D eigenvalue weighted by Gasteiger charge is 2.13. The molecular formula is C16H32O5. The van der Waals surface area contributed by atoms with Gasteiger partial charge in [-0.15, -0.1) is 0 Å². The van der Waals surface area contributed by atoms with Crippen molar-refractivity contribution in [3.05, 3.63) is 0 Å². The van der Waals surface area contributed by atoms with Gasteiger partial charge in [-0.3, -0.25) is 9.59 Å². The van der Waals surface area contributed by atoms with Crippen molar-refractivity contribution in [2.45, 2.75) is 72.1 Å². The smallest absolute Gasteiger partial charge is 0.303 e. The van der Waals surface area contributed by atoms with Gasteiger partial charge in [0.2, 0.25) is 0 Å². The van der Waals surface area contributed by atoms with Crippen molar-refractivity contribution >= 4 is 11.9 Å². The van der Waals surface area contributed by atoms with Crippen LogP contribution in [-0.4, -0.2) is 33.9 Å². The molecule has 5 heteroatoms. The Labute approximate surface area is 128 Å². The number of carboxylic acid groups (broad SMARTS) is 2. The molecule has 0 aliphatic heterocycles. The zero-order valence-corrected chi connectivity index (χ0v) is 13.7. The molecule has 0 aliphatic rings. The number of carbonyl (C=O) groups is 2. The van der Waals surface area contributed by atoms with Crippen LogP contribution in [0.2, 0.25) is 0 Å². The predicted octanol–water partition coefficient (Wildman–Crippen LogP) is 3.55. The molecule has 21 heavy (non-hydrogen) atoms. The minimum absolute atomic E-state index is 0.296. The second-order valence-corrected chi connectivity index (χ2v) is 5.46. The van der Waals surface area contributed by atoms with Gasteiger partial charge in [-0.25, -0.2) is 0 Å². The molecule has 0 bridgehead atoms. The van der Waals surface area contributed by atoms with Crippen molar-refractivity contribution in [2.75, 3.05) is 6.61 Å². The predicted molar refractivity (Wildman–Crippen MR) is 83.3 cm³/mol. The molecule has 2 atom stereocenters. The van der Waals surface area contributed by atoms with Crippen molar-refractivity contribution in [1.82, 2.24) is 0 Å². The second-order valence-electron chi connectivity index (χ2n) is 5.46. The van der Waals surface area contributed by atoms with Gasteiger partial charge in [0, 0.05) is 6.61 Å². The molecule has 0 saturated carbocycles. The Morgan fingerprint density at radius 3 is 1.81 bits per heavy atom. The van der Waals surface area contributed by atoms with Crippen LogP contribution in [-0.2, 0) is 9.59 Å². The fourth-order valence-electron chi connectivity index (χ4n) is 1.94. The van der Waals surface area contributed by atoms with Crippen molar-refractivity contribution in [1.29, 1.82) is 0 Å². The van der Waals surface area contributed by atoms with Crippen LogP contribution in [0.4, 0.5) is 0 Å². The summed E-state index contributed by atoms with van der Waals surface area (Å²) < 4.78 is 0. The first-order valence-electron chi connectivity index (χ1n) is 7.93. The van der Waals surface area contributed by atoms with Gasteiger partial charge in [-0.1, -0.05) is 52.9 Å². The lowest BCUT2D eigenvalue weighted by atomic mass is 9.88. The van der Waals surface area contributed by atoms with E-state index >= 15 is 0 Å². The highest BCUT2D eigenvalue weighted by Crippen LogP contribution is 2.21. The fourth-order valence-corrected chi connectivity index (χ4v) is 1.94. The summed E-state index contributed by atoms with van der Waals surface area (Å²) in [6.07, 6.45) is 7.09. The van der Waals surface area contributed by atoms with E-state index in [0.29, 0.717) is 18.4 Å². The van der Waals surface area contributed by atoms with Crippen LogP contribution >= 0.6 is 0 Å². The third-order valence-corrected chi connectivity index (χ3v) is 3.66. The number of hydrogen-bond acceptors (Lipinski definition) is 3. The largest absolute Gasteiger partial charge is 0.481 e. The highest BCUT2D eigenvalue weighted by molar-refractivity contribution is 5.75. The minimum atomic E-state index is -1.08. The Morgan fingerprint density at radius 2 is 1.48 bits per heavy atom. The molecule has 0 aromatic heterocycles. The first-order valence-corrected chi connectivity index (χ1v) is 7.93. The van der Waals surface area contributed by atoms with E-state index in [1.165, 1.54) is 38.5 Å². The molecule has 0 rings (SSSR count). The molecule has 0 aromatic rings. The molecule has 126 valence electrons. The molecule has 0 heterocycles. The highest BCUT2D eigenvalue weighted by atomic mass is 16.4. The summed E-state index contributed by atoms with van der Waals surface area (Å²) >= 11 is 0. The van der Waals surface area contributed by atoms with Gasteiger partial charge < -0.3 is 15.3 Å². The monoisotopic (exact) mass is 304 g/mol. The lowest BCUT2D eigenvalue weighted by Crippen LogP contribution is -2.15. The molecule has 3 N–H and O–H groups in total. The summed E-state index contributed by atoms with van der Waals surface area (Å²) in [7, 11) is 0. The van der Waals surface area contributed by atoms with Crippen LogP contribution in [0.25, 0.3) is 0 Å². The maximum Gasteiger partial charge on any atom is 0.303 e. The van der Waals surface area contributed by atoms with E-state index in [2.05, 4.69) is 20.8 Å². The summed E-state index contributed by atoms with van der Waals surface area (Å²) in [5.74, 6) is -0.923. The number of carboxylic acids is 2. The molecule has 0 aliphatic carbocycles. The number of aliphatic carboxylic acids is 2. The van der Waals surface area contributed by atoms with E-state index < -0.39 is 11.9 Å². The second kappa shape index (κ2) is 15.3. The Bertz CT molecular complexity index is 251. The zero-order chi connectivity index (χ0) is 16.7. The third kappa shape index (κ3) is 16.8. The third-order valence-electron chi connectivity index (χ3n) is 3.66. The van der Waals surface area contributed by atoms with Gasteiger partial charge in [0.15, 0.2) is 0 Å². The summed E-state index contributed by atoms with van der Waals surface area (Å²) in [4.78, 5) is 19.3. The maximum atomic E-state index is 9.64. The summed E-state index contributed by atoms with van der Waals surface area (Å²) in [5.41, 5.74) is 0. The molecule has 0 fully saturated rings. The van der Waals surface area contributed by atoms with Gasteiger partial charge in [0.05, 0.1) is 12.8 Å².